The Morgan fingerprint density at radius 2 is 1.84 bits per heavy atom. The lowest BCUT2D eigenvalue weighted by Crippen LogP contribution is -2.56. The van der Waals surface area contributed by atoms with Crippen LogP contribution in [0.2, 0.25) is 0 Å². The number of hydrogen-bond donors (Lipinski definition) is 1. The summed E-state index contributed by atoms with van der Waals surface area (Å²) in [5.41, 5.74) is 3.91. The summed E-state index contributed by atoms with van der Waals surface area (Å²) in [4.78, 5) is 27.3. The summed E-state index contributed by atoms with van der Waals surface area (Å²) in [6.07, 6.45) is 2.98. The van der Waals surface area contributed by atoms with Crippen LogP contribution in [-0.4, -0.2) is 51.5 Å². The molecule has 5 rings (SSSR count). The number of para-hydroxylation sites is 1. The first-order valence-electron chi connectivity index (χ1n) is 12.7. The topological polar surface area (TPSA) is 81.0 Å². The first-order valence-corrected chi connectivity index (χ1v) is 12.7. The van der Waals surface area contributed by atoms with Crippen LogP contribution in [-0.2, 0) is 32.0 Å². The van der Waals surface area contributed by atoms with Gasteiger partial charge in [0.05, 0.1) is 18.5 Å². The van der Waals surface area contributed by atoms with Crippen LogP contribution >= 0.6 is 0 Å². The summed E-state index contributed by atoms with van der Waals surface area (Å²) < 4.78 is 13.9. The molecule has 0 bridgehead atoms. The molecular weight excluding hydrogens is 468 g/mol. The van der Waals surface area contributed by atoms with Gasteiger partial charge in [-0.15, -0.1) is 6.58 Å². The third-order valence-corrected chi connectivity index (χ3v) is 7.12. The van der Waals surface area contributed by atoms with Gasteiger partial charge in [-0.3, -0.25) is 9.69 Å². The van der Waals surface area contributed by atoms with Gasteiger partial charge in [0, 0.05) is 35.6 Å². The van der Waals surface area contributed by atoms with Gasteiger partial charge in [-0.1, -0.05) is 68.5 Å². The first kappa shape index (κ1) is 25.0. The number of esters is 2. The van der Waals surface area contributed by atoms with Gasteiger partial charge in [-0.25, -0.2) is 4.79 Å². The number of rotatable bonds is 7. The van der Waals surface area contributed by atoms with Gasteiger partial charge in [-0.05, 0) is 23.3 Å². The Bertz CT molecular complexity index is 1340. The van der Waals surface area contributed by atoms with Crippen molar-refractivity contribution in [2.24, 2.45) is 5.92 Å². The molecule has 0 saturated carbocycles. The van der Waals surface area contributed by atoms with Gasteiger partial charge in [0.2, 0.25) is 0 Å². The number of fused-ring (bicyclic) bond motifs is 3. The number of carbonyl (C=O) groups excluding carboxylic acids is 2. The highest BCUT2D eigenvalue weighted by molar-refractivity contribution is 5.88. The molecular formula is C30H32N2O5. The van der Waals surface area contributed by atoms with Crippen molar-refractivity contribution in [3.8, 4) is 0 Å². The standard InChI is InChI=1S/C30H32N2O5/c1-4-16-31-25(37-26(33)15-14-20-10-6-5-7-11-20)17-22-21-12-8-9-13-23(21)32-18-24(36-30(35)19(2)3)29(34)28(31)27(22)32/h4-15,19,24-25,28-29,34H,1,16-18H2,2-3H3/b15-14+/t24-,25-,28+,29+/m1/s1. The number of benzene rings is 2. The Morgan fingerprint density at radius 3 is 2.57 bits per heavy atom. The largest absolute Gasteiger partial charge is 0.457 e. The molecule has 3 aromatic rings. The minimum Gasteiger partial charge on any atom is -0.457 e. The van der Waals surface area contributed by atoms with Crippen LogP contribution in [0.3, 0.4) is 0 Å². The SMILES string of the molecule is C=CCN1[C@H](OC(=O)/C=C/c2ccccc2)Cc2c3n(c4ccccc24)C[C@@H](OC(=O)C(C)C)[C@H](O)[C@H]31. The molecule has 37 heavy (non-hydrogen) atoms. The summed E-state index contributed by atoms with van der Waals surface area (Å²) in [5, 5.41) is 12.6. The molecule has 0 radical (unpaired) electrons. The predicted octanol–water partition coefficient (Wildman–Crippen LogP) is 4.25. The molecule has 0 aliphatic carbocycles. The summed E-state index contributed by atoms with van der Waals surface area (Å²) in [5.74, 6) is -1.14. The average molecular weight is 501 g/mol. The average Bonchev–Trinajstić information content (AvgIpc) is 3.20. The third kappa shape index (κ3) is 4.72. The maximum absolute atomic E-state index is 12.9. The maximum atomic E-state index is 12.9. The molecule has 2 aliphatic heterocycles. The van der Waals surface area contributed by atoms with E-state index in [1.165, 1.54) is 6.08 Å². The van der Waals surface area contributed by atoms with Gasteiger partial charge in [-0.2, -0.15) is 0 Å². The summed E-state index contributed by atoms with van der Waals surface area (Å²) in [6.45, 7) is 8.19. The molecule has 1 N–H and O–H groups in total. The van der Waals surface area contributed by atoms with E-state index in [0.29, 0.717) is 19.5 Å². The van der Waals surface area contributed by atoms with Crippen LogP contribution in [0.5, 0.6) is 0 Å². The quantitative estimate of drug-likeness (QED) is 0.297. The van der Waals surface area contributed by atoms with Gasteiger partial charge in [0.1, 0.15) is 12.2 Å². The lowest BCUT2D eigenvalue weighted by atomic mass is 9.88. The zero-order valence-corrected chi connectivity index (χ0v) is 21.1. The van der Waals surface area contributed by atoms with Crippen molar-refractivity contribution in [2.45, 2.75) is 51.3 Å². The van der Waals surface area contributed by atoms with Crippen molar-refractivity contribution in [3.63, 3.8) is 0 Å². The first-order chi connectivity index (χ1) is 17.9. The van der Waals surface area contributed by atoms with E-state index in [4.69, 9.17) is 9.47 Å². The van der Waals surface area contributed by atoms with Crippen molar-refractivity contribution < 1.29 is 24.2 Å². The number of aliphatic hydroxyl groups excluding tert-OH is 1. The molecule has 2 aromatic carbocycles. The van der Waals surface area contributed by atoms with E-state index in [9.17, 15) is 14.7 Å². The lowest BCUT2D eigenvalue weighted by Gasteiger charge is -2.47. The van der Waals surface area contributed by atoms with E-state index >= 15 is 0 Å². The van der Waals surface area contributed by atoms with Crippen molar-refractivity contribution in [1.29, 1.82) is 0 Å². The van der Waals surface area contributed by atoms with E-state index in [0.717, 1.165) is 27.7 Å². The summed E-state index contributed by atoms with van der Waals surface area (Å²) >= 11 is 0. The molecule has 0 fully saturated rings. The molecule has 0 saturated heterocycles. The molecule has 1 aromatic heterocycles. The zero-order chi connectivity index (χ0) is 26.1. The molecule has 7 heteroatoms. The van der Waals surface area contributed by atoms with Crippen molar-refractivity contribution in [1.82, 2.24) is 9.47 Å². The summed E-state index contributed by atoms with van der Waals surface area (Å²) in [6, 6.07) is 17.0. The monoisotopic (exact) mass is 500 g/mol. The van der Waals surface area contributed by atoms with Crippen LogP contribution in [0, 0.1) is 5.92 Å². The number of carbonyl (C=O) groups is 2. The molecule has 7 nitrogen and oxygen atoms in total. The molecule has 4 atom stereocenters. The zero-order valence-electron chi connectivity index (χ0n) is 21.1. The molecule has 0 unspecified atom stereocenters. The van der Waals surface area contributed by atoms with Crippen LogP contribution in [0.1, 0.15) is 36.7 Å². The van der Waals surface area contributed by atoms with E-state index in [1.54, 1.807) is 26.0 Å². The maximum Gasteiger partial charge on any atom is 0.332 e. The van der Waals surface area contributed by atoms with E-state index in [2.05, 4.69) is 11.1 Å². The Balaban J connectivity index is 1.53. The van der Waals surface area contributed by atoms with E-state index in [1.807, 2.05) is 59.5 Å². The van der Waals surface area contributed by atoms with Crippen LogP contribution in [0.15, 0.2) is 73.3 Å². The Morgan fingerprint density at radius 1 is 1.11 bits per heavy atom. The fraction of sp³-hybridized carbons (Fsp3) is 0.333. The number of hydrogen-bond acceptors (Lipinski definition) is 6. The van der Waals surface area contributed by atoms with Crippen molar-refractivity contribution in [3.05, 3.63) is 90.1 Å². The molecule has 2 aliphatic rings. The number of aliphatic hydroxyl groups is 1. The Labute approximate surface area is 216 Å². The molecule has 3 heterocycles. The Hall–Kier alpha value is -3.68. The molecule has 192 valence electrons. The molecule has 0 amide bonds. The second-order valence-corrected chi connectivity index (χ2v) is 9.88. The van der Waals surface area contributed by atoms with Gasteiger partial charge in [0.15, 0.2) is 6.23 Å². The highest BCUT2D eigenvalue weighted by atomic mass is 16.6. The van der Waals surface area contributed by atoms with E-state index < -0.39 is 30.4 Å². The fourth-order valence-corrected chi connectivity index (χ4v) is 5.41. The predicted molar refractivity (Wildman–Crippen MR) is 141 cm³/mol. The number of ether oxygens (including phenoxy) is 2. The van der Waals surface area contributed by atoms with Crippen molar-refractivity contribution in [2.75, 3.05) is 6.54 Å². The van der Waals surface area contributed by atoms with Crippen LogP contribution in [0.25, 0.3) is 17.0 Å². The van der Waals surface area contributed by atoms with Gasteiger partial charge >= 0.3 is 11.9 Å². The highest BCUT2D eigenvalue weighted by Gasteiger charge is 2.49. The highest BCUT2D eigenvalue weighted by Crippen LogP contribution is 2.45. The second-order valence-electron chi connectivity index (χ2n) is 9.88. The van der Waals surface area contributed by atoms with Gasteiger partial charge < -0.3 is 19.1 Å². The summed E-state index contributed by atoms with van der Waals surface area (Å²) in [7, 11) is 0. The normalized spacial score (nSPS) is 23.2. The second kappa shape index (κ2) is 10.4. The smallest absolute Gasteiger partial charge is 0.332 e. The Kier molecular flexibility index (Phi) is 7.00. The minimum absolute atomic E-state index is 0.314. The third-order valence-electron chi connectivity index (χ3n) is 7.12. The van der Waals surface area contributed by atoms with Crippen LogP contribution < -0.4 is 0 Å². The van der Waals surface area contributed by atoms with E-state index in [-0.39, 0.29) is 11.9 Å². The lowest BCUT2D eigenvalue weighted by molar-refractivity contribution is -0.177. The minimum atomic E-state index is -1.00. The number of nitrogens with zero attached hydrogens (tertiary/aromatic N) is 2. The van der Waals surface area contributed by atoms with Crippen LogP contribution in [0.4, 0.5) is 0 Å². The number of aromatic nitrogens is 1. The fourth-order valence-electron chi connectivity index (χ4n) is 5.41. The van der Waals surface area contributed by atoms with Gasteiger partial charge in [0.25, 0.3) is 0 Å². The molecule has 0 spiro atoms. The van der Waals surface area contributed by atoms with Crippen molar-refractivity contribution >= 4 is 28.9 Å².